The summed E-state index contributed by atoms with van der Waals surface area (Å²) in [6.45, 7) is 3.38. The lowest BCUT2D eigenvalue weighted by molar-refractivity contribution is -0.131. The number of nitrogens with one attached hydrogen (secondary N) is 1. The van der Waals surface area contributed by atoms with Gasteiger partial charge in [0, 0.05) is 45.2 Å². The van der Waals surface area contributed by atoms with Crippen molar-refractivity contribution in [1.82, 2.24) is 9.21 Å². The maximum atomic E-state index is 13.3. The van der Waals surface area contributed by atoms with Gasteiger partial charge in [-0.15, -0.1) is 0 Å². The zero-order chi connectivity index (χ0) is 26.6. The molecule has 200 valence electrons. The molecular weight excluding hydrogens is 494 g/mol. The van der Waals surface area contributed by atoms with Gasteiger partial charge in [0.2, 0.25) is 21.8 Å². The van der Waals surface area contributed by atoms with E-state index in [0.29, 0.717) is 62.6 Å². The molecule has 2 aliphatic heterocycles. The minimum atomic E-state index is -3.66. The van der Waals surface area contributed by atoms with Crippen molar-refractivity contribution in [2.24, 2.45) is 11.8 Å². The van der Waals surface area contributed by atoms with Crippen LogP contribution in [0.1, 0.15) is 31.7 Å². The third kappa shape index (κ3) is 6.07. The highest BCUT2D eigenvalue weighted by molar-refractivity contribution is 7.89. The Bertz CT molecular complexity index is 1230. The summed E-state index contributed by atoms with van der Waals surface area (Å²) in [5, 5.41) is 2.65. The molecule has 2 heterocycles. The Morgan fingerprint density at radius 1 is 1.03 bits per heavy atom. The summed E-state index contributed by atoms with van der Waals surface area (Å²) in [5.74, 6) is 1.57. The second kappa shape index (κ2) is 11.5. The molecule has 2 atom stereocenters. The highest BCUT2D eigenvalue weighted by atomic mass is 32.2. The molecule has 0 spiro atoms. The molecular formula is C27H35N3O6S. The summed E-state index contributed by atoms with van der Waals surface area (Å²) < 4.78 is 39.1. The van der Waals surface area contributed by atoms with E-state index in [1.807, 2.05) is 23.1 Å². The van der Waals surface area contributed by atoms with Crippen LogP contribution in [0.15, 0.2) is 47.4 Å². The Labute approximate surface area is 218 Å². The van der Waals surface area contributed by atoms with Crippen molar-refractivity contribution in [3.63, 3.8) is 0 Å². The fraction of sp³-hybridized carbons (Fsp3) is 0.481. The number of para-hydroxylation sites is 1. The van der Waals surface area contributed by atoms with Crippen molar-refractivity contribution in [3.8, 4) is 11.5 Å². The van der Waals surface area contributed by atoms with Crippen LogP contribution < -0.4 is 14.8 Å². The second-order valence-electron chi connectivity index (χ2n) is 9.65. The lowest BCUT2D eigenvalue weighted by Gasteiger charge is -2.36. The third-order valence-corrected chi connectivity index (χ3v) is 9.24. The Balaban J connectivity index is 1.40. The van der Waals surface area contributed by atoms with E-state index < -0.39 is 10.0 Å². The summed E-state index contributed by atoms with van der Waals surface area (Å²) in [6.07, 6.45) is 2.52. The molecule has 0 saturated carbocycles. The molecule has 1 N–H and O–H groups in total. The van der Waals surface area contributed by atoms with Crippen LogP contribution in [0, 0.1) is 11.8 Å². The maximum Gasteiger partial charge on any atom is 0.243 e. The van der Waals surface area contributed by atoms with Crippen LogP contribution >= 0.6 is 0 Å². The number of sulfonamides is 1. The van der Waals surface area contributed by atoms with Crippen LogP contribution in [0.5, 0.6) is 11.5 Å². The number of benzene rings is 2. The fourth-order valence-corrected chi connectivity index (χ4v) is 6.88. The molecule has 2 aliphatic rings. The Kier molecular flexibility index (Phi) is 8.39. The molecule has 2 fully saturated rings. The van der Waals surface area contributed by atoms with Gasteiger partial charge < -0.3 is 19.7 Å². The predicted molar refractivity (Wildman–Crippen MR) is 140 cm³/mol. The van der Waals surface area contributed by atoms with E-state index in [1.54, 1.807) is 30.7 Å². The molecule has 2 aromatic carbocycles. The molecule has 0 unspecified atom stereocenters. The summed E-state index contributed by atoms with van der Waals surface area (Å²) in [6, 6.07) is 12.0. The normalized spacial score (nSPS) is 20.6. The quantitative estimate of drug-likeness (QED) is 0.563. The number of hydrogen-bond donors (Lipinski definition) is 1. The van der Waals surface area contributed by atoms with E-state index in [9.17, 15) is 18.0 Å². The number of likely N-dealkylation sites (tertiary alicyclic amines) is 1. The van der Waals surface area contributed by atoms with Gasteiger partial charge in [0.1, 0.15) is 0 Å². The number of carbonyl (C=O) groups is 2. The van der Waals surface area contributed by atoms with Crippen LogP contribution in [0.3, 0.4) is 0 Å². The number of amides is 2. The first kappa shape index (κ1) is 26.9. The number of methoxy groups -OCH3 is 2. The first-order valence-corrected chi connectivity index (χ1v) is 14.0. The molecule has 4 rings (SSSR count). The molecule has 2 aromatic rings. The summed E-state index contributed by atoms with van der Waals surface area (Å²) in [5.41, 5.74) is 1.54. The first-order valence-electron chi connectivity index (χ1n) is 12.6. The van der Waals surface area contributed by atoms with Gasteiger partial charge in [-0.2, -0.15) is 4.31 Å². The molecule has 0 aromatic heterocycles. The number of anilines is 1. The molecule has 0 aliphatic carbocycles. The van der Waals surface area contributed by atoms with E-state index in [1.165, 1.54) is 19.1 Å². The topological polar surface area (TPSA) is 105 Å². The Morgan fingerprint density at radius 3 is 2.43 bits per heavy atom. The highest BCUT2D eigenvalue weighted by Gasteiger charge is 2.38. The van der Waals surface area contributed by atoms with Crippen molar-refractivity contribution in [3.05, 3.63) is 48.0 Å². The van der Waals surface area contributed by atoms with Gasteiger partial charge in [-0.1, -0.05) is 12.1 Å². The molecule has 9 nitrogen and oxygen atoms in total. The van der Waals surface area contributed by atoms with Gasteiger partial charge in [-0.25, -0.2) is 8.42 Å². The van der Waals surface area contributed by atoms with E-state index >= 15 is 0 Å². The Morgan fingerprint density at radius 2 is 1.76 bits per heavy atom. The van der Waals surface area contributed by atoms with Crippen molar-refractivity contribution < 1.29 is 27.5 Å². The number of rotatable bonds is 8. The highest BCUT2D eigenvalue weighted by Crippen LogP contribution is 2.35. The van der Waals surface area contributed by atoms with Crippen LogP contribution in [0.2, 0.25) is 0 Å². The average molecular weight is 530 g/mol. The van der Waals surface area contributed by atoms with Crippen molar-refractivity contribution >= 4 is 27.5 Å². The predicted octanol–water partition coefficient (Wildman–Crippen LogP) is 3.15. The molecule has 37 heavy (non-hydrogen) atoms. The van der Waals surface area contributed by atoms with Crippen molar-refractivity contribution in [1.29, 1.82) is 0 Å². The summed E-state index contributed by atoms with van der Waals surface area (Å²) in [7, 11) is -0.446. The molecule has 2 saturated heterocycles. The summed E-state index contributed by atoms with van der Waals surface area (Å²) >= 11 is 0. The number of piperidine rings is 1. The van der Waals surface area contributed by atoms with Crippen LogP contribution in [-0.2, 0) is 26.0 Å². The number of hydrogen-bond acceptors (Lipinski definition) is 6. The lowest BCUT2D eigenvalue weighted by atomic mass is 9.83. The molecule has 0 radical (unpaired) electrons. The van der Waals surface area contributed by atoms with Gasteiger partial charge in [0.15, 0.2) is 11.5 Å². The van der Waals surface area contributed by atoms with Gasteiger partial charge in [-0.05, 0) is 67.0 Å². The van der Waals surface area contributed by atoms with Crippen molar-refractivity contribution in [2.75, 3.05) is 45.7 Å². The smallest absolute Gasteiger partial charge is 0.243 e. The zero-order valence-electron chi connectivity index (χ0n) is 21.6. The van der Waals surface area contributed by atoms with Crippen molar-refractivity contribution in [2.45, 2.75) is 37.5 Å². The van der Waals surface area contributed by atoms with E-state index in [2.05, 4.69) is 5.32 Å². The number of nitrogens with zero attached hydrogens (tertiary/aromatic N) is 2. The van der Waals surface area contributed by atoms with Gasteiger partial charge in [0.05, 0.1) is 19.1 Å². The number of fused-ring (bicyclic) bond motifs is 1. The van der Waals surface area contributed by atoms with Gasteiger partial charge in [-0.3, -0.25) is 9.59 Å². The van der Waals surface area contributed by atoms with Crippen LogP contribution in [0.25, 0.3) is 0 Å². The zero-order valence-corrected chi connectivity index (χ0v) is 22.4. The lowest BCUT2D eigenvalue weighted by Crippen LogP contribution is -2.43. The van der Waals surface area contributed by atoms with Gasteiger partial charge in [0.25, 0.3) is 0 Å². The van der Waals surface area contributed by atoms with Crippen LogP contribution in [-0.4, -0.2) is 69.8 Å². The maximum absolute atomic E-state index is 13.3. The standard InChI is InChI=1S/C27H35N3O6S/c1-19(31)28-23-7-9-24(10-8-23)37(33,34)30-16-13-21-17-26(32)29(15-12-22(21)18-30)14-11-20-5-4-6-25(35-2)27(20)36-3/h4-10,21-22H,11-18H2,1-3H3,(H,28,31)/t21-,22-/m0/s1. The monoisotopic (exact) mass is 529 g/mol. The fourth-order valence-electron chi connectivity index (χ4n) is 5.37. The van der Waals surface area contributed by atoms with Crippen LogP contribution in [0.4, 0.5) is 5.69 Å². The molecule has 2 amide bonds. The SMILES string of the molecule is COc1cccc(CCN2CC[C@H]3CN(S(=O)(=O)c4ccc(NC(C)=O)cc4)CC[C@H]3CC2=O)c1OC. The first-order chi connectivity index (χ1) is 17.7. The second-order valence-corrected chi connectivity index (χ2v) is 11.6. The van der Waals surface area contributed by atoms with E-state index in [-0.39, 0.29) is 28.5 Å². The Hall–Kier alpha value is -3.11. The molecule has 0 bridgehead atoms. The molecule has 10 heteroatoms. The average Bonchev–Trinajstić information content (AvgIpc) is 3.04. The number of carbonyl (C=O) groups excluding carboxylic acids is 2. The third-order valence-electron chi connectivity index (χ3n) is 7.36. The van der Waals surface area contributed by atoms with E-state index in [4.69, 9.17) is 9.47 Å². The largest absolute Gasteiger partial charge is 0.493 e. The van der Waals surface area contributed by atoms with Gasteiger partial charge >= 0.3 is 0 Å². The summed E-state index contributed by atoms with van der Waals surface area (Å²) in [4.78, 5) is 26.4. The number of ether oxygens (including phenoxy) is 2. The minimum absolute atomic E-state index is 0.124. The van der Waals surface area contributed by atoms with E-state index in [0.717, 1.165) is 12.0 Å². The minimum Gasteiger partial charge on any atom is -0.493 e.